The van der Waals surface area contributed by atoms with Crippen molar-refractivity contribution in [2.45, 2.75) is 19.0 Å². The average Bonchev–Trinajstić information content (AvgIpc) is 2.89. The van der Waals surface area contributed by atoms with E-state index in [0.717, 1.165) is 21.8 Å². The summed E-state index contributed by atoms with van der Waals surface area (Å²) in [6.45, 7) is 0.606. The van der Waals surface area contributed by atoms with E-state index in [9.17, 15) is 9.59 Å². The normalized spacial score (nSPS) is 12.4. The van der Waals surface area contributed by atoms with Gasteiger partial charge in [0.15, 0.2) is 0 Å². The van der Waals surface area contributed by atoms with Crippen LogP contribution >= 0.6 is 0 Å². The van der Waals surface area contributed by atoms with E-state index in [1.165, 1.54) is 0 Å². The van der Waals surface area contributed by atoms with Crippen molar-refractivity contribution in [2.75, 3.05) is 6.61 Å². The van der Waals surface area contributed by atoms with E-state index in [1.807, 2.05) is 36.4 Å². The van der Waals surface area contributed by atoms with Gasteiger partial charge in [-0.1, -0.05) is 36.4 Å². The first-order chi connectivity index (χ1) is 11.6. The number of carbonyl (C=O) groups excluding carboxylic acids is 1. The Kier molecular flexibility index (Phi) is 4.48. The fourth-order valence-corrected chi connectivity index (χ4v) is 2.86. The summed E-state index contributed by atoms with van der Waals surface area (Å²) >= 11 is 0. The van der Waals surface area contributed by atoms with Crippen molar-refractivity contribution in [1.82, 2.24) is 4.57 Å². The molecule has 6 heteroatoms. The van der Waals surface area contributed by atoms with Crippen LogP contribution in [0.25, 0.3) is 21.8 Å². The predicted molar refractivity (Wildman–Crippen MR) is 90.6 cm³/mol. The lowest BCUT2D eigenvalue weighted by atomic mass is 10.2. The van der Waals surface area contributed by atoms with Crippen molar-refractivity contribution < 1.29 is 19.4 Å². The molecule has 3 rings (SSSR count). The summed E-state index contributed by atoms with van der Waals surface area (Å²) < 4.78 is 7.21. The Morgan fingerprint density at radius 2 is 1.58 bits per heavy atom. The highest BCUT2D eigenvalue weighted by molar-refractivity contribution is 6.07. The van der Waals surface area contributed by atoms with Crippen molar-refractivity contribution in [2.24, 2.45) is 5.73 Å². The first-order valence-corrected chi connectivity index (χ1v) is 7.68. The van der Waals surface area contributed by atoms with Crippen LogP contribution < -0.4 is 5.73 Å². The van der Waals surface area contributed by atoms with Crippen LogP contribution in [-0.4, -0.2) is 34.3 Å². The quantitative estimate of drug-likeness (QED) is 0.677. The predicted octanol–water partition coefficient (Wildman–Crippen LogP) is 2.14. The summed E-state index contributed by atoms with van der Waals surface area (Å²) in [5, 5.41) is 10.9. The van der Waals surface area contributed by atoms with Crippen molar-refractivity contribution in [3.8, 4) is 0 Å². The smallest absolute Gasteiger partial charge is 0.323 e. The van der Waals surface area contributed by atoms with Crippen LogP contribution in [0.15, 0.2) is 48.5 Å². The van der Waals surface area contributed by atoms with Gasteiger partial charge in [-0.15, -0.1) is 0 Å². The maximum Gasteiger partial charge on any atom is 0.323 e. The molecule has 0 radical (unpaired) electrons. The van der Waals surface area contributed by atoms with Crippen LogP contribution in [0.2, 0.25) is 0 Å². The zero-order chi connectivity index (χ0) is 17.1. The number of carboxylic acids is 1. The number of benzene rings is 2. The van der Waals surface area contributed by atoms with Gasteiger partial charge in [0.1, 0.15) is 12.6 Å². The molecule has 0 aliphatic heterocycles. The molecule has 3 N–H and O–H groups in total. The number of aliphatic carboxylic acids is 1. The Morgan fingerprint density at radius 3 is 2.12 bits per heavy atom. The number of nitrogens with zero attached hydrogens (tertiary/aromatic N) is 1. The molecule has 0 spiro atoms. The van der Waals surface area contributed by atoms with E-state index in [2.05, 4.69) is 16.7 Å². The molecule has 2 aromatic carbocycles. The molecule has 0 saturated carbocycles. The van der Waals surface area contributed by atoms with Crippen LogP contribution in [0.3, 0.4) is 0 Å². The van der Waals surface area contributed by atoms with Gasteiger partial charge in [0, 0.05) is 21.8 Å². The molecule has 1 aromatic heterocycles. The maximum atomic E-state index is 11.7. The van der Waals surface area contributed by atoms with Crippen LogP contribution in [0.1, 0.15) is 6.42 Å². The zero-order valence-electron chi connectivity index (χ0n) is 13.0. The van der Waals surface area contributed by atoms with Gasteiger partial charge in [-0.3, -0.25) is 9.59 Å². The van der Waals surface area contributed by atoms with Gasteiger partial charge in [0.2, 0.25) is 0 Å². The lowest BCUT2D eigenvalue weighted by molar-refractivity contribution is -0.149. The summed E-state index contributed by atoms with van der Waals surface area (Å²) in [5.74, 6) is -1.82. The Labute approximate surface area is 138 Å². The molecule has 24 heavy (non-hydrogen) atoms. The number of para-hydroxylation sites is 2. The second-order valence-electron chi connectivity index (χ2n) is 5.56. The molecule has 0 fully saturated rings. The Bertz CT molecular complexity index is 847. The first kappa shape index (κ1) is 16.0. The SMILES string of the molecule is N[C@@H](CC(=O)O)C(=O)OCCn1c2ccccc2c2ccccc21. The number of aromatic nitrogens is 1. The molecule has 3 aromatic rings. The van der Waals surface area contributed by atoms with Crippen LogP contribution in [0.4, 0.5) is 0 Å². The second-order valence-corrected chi connectivity index (χ2v) is 5.56. The highest BCUT2D eigenvalue weighted by Crippen LogP contribution is 2.28. The van der Waals surface area contributed by atoms with Crippen molar-refractivity contribution in [3.63, 3.8) is 0 Å². The molecular formula is C18H18N2O4. The summed E-state index contributed by atoms with van der Waals surface area (Å²) in [6, 6.07) is 14.9. The zero-order valence-corrected chi connectivity index (χ0v) is 13.0. The summed E-state index contributed by atoms with van der Waals surface area (Å²) in [6.07, 6.45) is -0.436. The Hall–Kier alpha value is -2.86. The van der Waals surface area contributed by atoms with Crippen molar-refractivity contribution >= 4 is 33.7 Å². The number of fused-ring (bicyclic) bond motifs is 3. The lowest BCUT2D eigenvalue weighted by Crippen LogP contribution is -2.35. The van der Waals surface area contributed by atoms with E-state index >= 15 is 0 Å². The van der Waals surface area contributed by atoms with E-state index < -0.39 is 24.4 Å². The molecular weight excluding hydrogens is 308 g/mol. The molecule has 0 aliphatic carbocycles. The third kappa shape index (κ3) is 3.09. The van der Waals surface area contributed by atoms with Gasteiger partial charge in [-0.2, -0.15) is 0 Å². The highest BCUT2D eigenvalue weighted by Gasteiger charge is 2.18. The maximum absolute atomic E-state index is 11.7. The number of carbonyl (C=O) groups is 2. The molecule has 0 aliphatic rings. The molecule has 0 saturated heterocycles. The fourth-order valence-electron chi connectivity index (χ4n) is 2.86. The van der Waals surface area contributed by atoms with E-state index in [4.69, 9.17) is 15.6 Å². The van der Waals surface area contributed by atoms with Crippen molar-refractivity contribution in [3.05, 3.63) is 48.5 Å². The fraction of sp³-hybridized carbons (Fsp3) is 0.222. The van der Waals surface area contributed by atoms with E-state index in [0.29, 0.717) is 6.54 Å². The molecule has 6 nitrogen and oxygen atoms in total. The average molecular weight is 326 g/mol. The van der Waals surface area contributed by atoms with Gasteiger partial charge < -0.3 is 20.1 Å². The van der Waals surface area contributed by atoms with Gasteiger partial charge >= 0.3 is 11.9 Å². The topological polar surface area (TPSA) is 94.6 Å². The molecule has 0 bridgehead atoms. The van der Waals surface area contributed by atoms with Gasteiger partial charge in [0.05, 0.1) is 13.0 Å². The Balaban J connectivity index is 1.78. The number of hydrogen-bond acceptors (Lipinski definition) is 4. The summed E-state index contributed by atoms with van der Waals surface area (Å²) in [7, 11) is 0. The summed E-state index contributed by atoms with van der Waals surface area (Å²) in [5.41, 5.74) is 7.62. The van der Waals surface area contributed by atoms with E-state index in [-0.39, 0.29) is 6.61 Å². The van der Waals surface area contributed by atoms with Gasteiger partial charge in [0.25, 0.3) is 0 Å². The summed E-state index contributed by atoms with van der Waals surface area (Å²) in [4.78, 5) is 22.3. The highest BCUT2D eigenvalue weighted by atomic mass is 16.5. The minimum Gasteiger partial charge on any atom is -0.481 e. The van der Waals surface area contributed by atoms with E-state index in [1.54, 1.807) is 0 Å². The van der Waals surface area contributed by atoms with Crippen LogP contribution in [-0.2, 0) is 20.9 Å². The van der Waals surface area contributed by atoms with Gasteiger partial charge in [-0.05, 0) is 12.1 Å². The number of ether oxygens (including phenoxy) is 1. The first-order valence-electron chi connectivity index (χ1n) is 7.68. The minimum absolute atomic E-state index is 0.134. The number of nitrogens with two attached hydrogens (primary N) is 1. The number of esters is 1. The second kappa shape index (κ2) is 6.72. The lowest BCUT2D eigenvalue weighted by Gasteiger charge is -2.11. The molecule has 0 amide bonds. The number of hydrogen-bond donors (Lipinski definition) is 2. The Morgan fingerprint density at radius 1 is 1.04 bits per heavy atom. The molecule has 1 atom stereocenters. The standard InChI is InChI=1S/C18H18N2O4/c19-14(11-17(21)22)18(23)24-10-9-20-15-7-3-1-5-12(15)13-6-2-4-8-16(13)20/h1-8,14H,9-11,19H2,(H,21,22)/t14-/m0/s1. The monoisotopic (exact) mass is 326 g/mol. The molecule has 124 valence electrons. The minimum atomic E-state index is -1.14. The van der Waals surface area contributed by atoms with Crippen LogP contribution in [0.5, 0.6) is 0 Å². The molecule has 1 heterocycles. The largest absolute Gasteiger partial charge is 0.481 e. The van der Waals surface area contributed by atoms with Gasteiger partial charge in [-0.25, -0.2) is 0 Å². The third-order valence-corrected chi connectivity index (χ3v) is 3.94. The van der Waals surface area contributed by atoms with Crippen LogP contribution in [0, 0.1) is 0 Å². The van der Waals surface area contributed by atoms with Crippen molar-refractivity contribution in [1.29, 1.82) is 0 Å². The number of rotatable bonds is 6. The number of carboxylic acid groups (broad SMARTS) is 1. The molecule has 0 unspecified atom stereocenters. The third-order valence-electron chi connectivity index (χ3n) is 3.94.